The maximum Gasteiger partial charge on any atom is 0.203 e. The minimum Gasteiger partial charge on any atom is -0.492 e. The predicted octanol–water partition coefficient (Wildman–Crippen LogP) is 3.27. The van der Waals surface area contributed by atoms with Crippen LogP contribution in [-0.2, 0) is 6.54 Å². The molecule has 0 aliphatic carbocycles. The van der Waals surface area contributed by atoms with Crippen LogP contribution in [0.2, 0.25) is 0 Å². The standard InChI is InChI=1S/C20H24N6OS/c1-26-10-2-3-16(26)13-27-17-4-5-18(21)15(11-17)12-23-20-24-19(25-28-20)14-6-8-22-9-7-14/h4-9,11,16H,2-3,10,12-13,21H2,1H3,(H,23,24,25)/t16-/m0/s1. The van der Waals surface area contributed by atoms with Crippen molar-refractivity contribution in [1.82, 2.24) is 19.2 Å². The monoisotopic (exact) mass is 396 g/mol. The number of rotatable bonds is 7. The van der Waals surface area contributed by atoms with Gasteiger partial charge in [0, 0.05) is 47.8 Å². The van der Waals surface area contributed by atoms with E-state index < -0.39 is 0 Å². The number of nitrogens with one attached hydrogen (secondary N) is 1. The summed E-state index contributed by atoms with van der Waals surface area (Å²) in [6.45, 7) is 2.42. The zero-order valence-electron chi connectivity index (χ0n) is 15.8. The van der Waals surface area contributed by atoms with Gasteiger partial charge in [-0.25, -0.2) is 0 Å². The zero-order valence-corrected chi connectivity index (χ0v) is 16.7. The van der Waals surface area contributed by atoms with E-state index in [2.05, 4.69) is 31.6 Å². The Kier molecular flexibility index (Phi) is 5.68. The minimum absolute atomic E-state index is 0.493. The SMILES string of the molecule is CN1CCC[C@H]1COc1ccc(N)c(CNc2nc(-c3ccncc3)ns2)c1. The average molecular weight is 397 g/mol. The highest BCUT2D eigenvalue weighted by atomic mass is 32.1. The van der Waals surface area contributed by atoms with Gasteiger partial charge in [-0.2, -0.15) is 9.36 Å². The molecule has 3 heterocycles. The number of nitrogens with zero attached hydrogens (tertiary/aromatic N) is 4. The van der Waals surface area contributed by atoms with Gasteiger partial charge in [0.2, 0.25) is 5.13 Å². The molecule has 1 saturated heterocycles. The summed E-state index contributed by atoms with van der Waals surface area (Å²) in [5.41, 5.74) is 8.81. The summed E-state index contributed by atoms with van der Waals surface area (Å²) in [5, 5.41) is 4.06. The molecule has 1 aromatic carbocycles. The number of aromatic nitrogens is 3. The first-order valence-corrected chi connectivity index (χ1v) is 10.2. The van der Waals surface area contributed by atoms with Crippen molar-refractivity contribution in [2.24, 2.45) is 0 Å². The van der Waals surface area contributed by atoms with Crippen LogP contribution in [0.5, 0.6) is 5.75 Å². The van der Waals surface area contributed by atoms with Crippen LogP contribution >= 0.6 is 11.5 Å². The van der Waals surface area contributed by atoms with E-state index in [0.717, 1.165) is 34.2 Å². The minimum atomic E-state index is 0.493. The lowest BCUT2D eigenvalue weighted by molar-refractivity contribution is 0.198. The zero-order chi connectivity index (χ0) is 19.3. The Morgan fingerprint density at radius 2 is 2.14 bits per heavy atom. The number of hydrogen-bond acceptors (Lipinski definition) is 8. The van der Waals surface area contributed by atoms with Crippen LogP contribution in [0.1, 0.15) is 18.4 Å². The highest BCUT2D eigenvalue weighted by molar-refractivity contribution is 7.09. The van der Waals surface area contributed by atoms with Gasteiger partial charge in [0.15, 0.2) is 5.82 Å². The number of nitrogen functional groups attached to an aromatic ring is 1. The first-order chi connectivity index (χ1) is 13.7. The van der Waals surface area contributed by atoms with E-state index in [1.165, 1.54) is 24.4 Å². The average Bonchev–Trinajstić information content (AvgIpc) is 3.36. The predicted molar refractivity (Wildman–Crippen MR) is 112 cm³/mol. The molecule has 1 fully saturated rings. The maximum absolute atomic E-state index is 6.15. The van der Waals surface area contributed by atoms with Crippen LogP contribution in [0.4, 0.5) is 10.8 Å². The second-order valence-corrected chi connectivity index (χ2v) is 7.71. The van der Waals surface area contributed by atoms with Crippen molar-refractivity contribution in [2.75, 3.05) is 31.2 Å². The largest absolute Gasteiger partial charge is 0.492 e. The van der Waals surface area contributed by atoms with Crippen molar-refractivity contribution >= 4 is 22.4 Å². The summed E-state index contributed by atoms with van der Waals surface area (Å²) >= 11 is 1.33. The number of nitrogens with two attached hydrogens (primary N) is 1. The molecule has 28 heavy (non-hydrogen) atoms. The fourth-order valence-electron chi connectivity index (χ4n) is 3.29. The smallest absolute Gasteiger partial charge is 0.203 e. The molecule has 8 heteroatoms. The molecule has 2 aromatic heterocycles. The summed E-state index contributed by atoms with van der Waals surface area (Å²) in [7, 11) is 2.15. The number of anilines is 2. The number of likely N-dealkylation sites (N-methyl/N-ethyl adjacent to an activating group) is 1. The molecule has 1 atom stereocenters. The normalized spacial score (nSPS) is 17.0. The number of ether oxygens (including phenoxy) is 1. The second kappa shape index (κ2) is 8.53. The van der Waals surface area contributed by atoms with Crippen molar-refractivity contribution in [3.63, 3.8) is 0 Å². The Labute approximate surface area is 168 Å². The fourth-order valence-corrected chi connectivity index (χ4v) is 3.87. The Bertz CT molecular complexity index is 916. The molecule has 0 saturated carbocycles. The molecular weight excluding hydrogens is 372 g/mol. The van der Waals surface area contributed by atoms with E-state index in [1.807, 2.05) is 30.3 Å². The first-order valence-electron chi connectivity index (χ1n) is 9.38. The van der Waals surface area contributed by atoms with Crippen LogP contribution in [0.3, 0.4) is 0 Å². The topological polar surface area (TPSA) is 89.2 Å². The van der Waals surface area contributed by atoms with Gasteiger partial charge in [0.05, 0.1) is 0 Å². The molecule has 0 radical (unpaired) electrons. The van der Waals surface area contributed by atoms with Crippen LogP contribution in [-0.4, -0.2) is 45.5 Å². The molecule has 0 amide bonds. The van der Waals surface area contributed by atoms with Gasteiger partial charge in [-0.1, -0.05) is 0 Å². The summed E-state index contributed by atoms with van der Waals surface area (Å²) in [6, 6.07) is 10.1. The van der Waals surface area contributed by atoms with Crippen LogP contribution in [0, 0.1) is 0 Å². The number of pyridine rings is 1. The lowest BCUT2D eigenvalue weighted by Gasteiger charge is -2.20. The van der Waals surface area contributed by atoms with Crippen LogP contribution < -0.4 is 15.8 Å². The van der Waals surface area contributed by atoms with Crippen LogP contribution in [0.25, 0.3) is 11.4 Å². The summed E-state index contributed by atoms with van der Waals surface area (Å²) < 4.78 is 10.4. The lowest BCUT2D eigenvalue weighted by atomic mass is 10.1. The quantitative estimate of drug-likeness (QED) is 0.593. The molecule has 3 aromatic rings. The van der Waals surface area contributed by atoms with E-state index in [-0.39, 0.29) is 0 Å². The molecule has 0 bridgehead atoms. The van der Waals surface area contributed by atoms with Gasteiger partial charge in [-0.3, -0.25) is 4.98 Å². The molecular formula is C20H24N6OS. The highest BCUT2D eigenvalue weighted by Crippen LogP contribution is 2.24. The third-order valence-electron chi connectivity index (χ3n) is 5.02. The maximum atomic E-state index is 6.15. The molecule has 0 spiro atoms. The Balaban J connectivity index is 1.37. The van der Waals surface area contributed by atoms with Gasteiger partial charge in [0.25, 0.3) is 0 Å². The number of benzene rings is 1. The third kappa shape index (κ3) is 4.40. The van der Waals surface area contributed by atoms with E-state index in [9.17, 15) is 0 Å². The molecule has 7 nitrogen and oxygen atoms in total. The van der Waals surface area contributed by atoms with Crippen molar-refractivity contribution in [2.45, 2.75) is 25.4 Å². The Hall–Kier alpha value is -2.71. The summed E-state index contributed by atoms with van der Waals surface area (Å²) in [6.07, 6.45) is 5.90. The molecule has 1 aliphatic heterocycles. The van der Waals surface area contributed by atoms with Gasteiger partial charge >= 0.3 is 0 Å². The fraction of sp³-hybridized carbons (Fsp3) is 0.350. The summed E-state index contributed by atoms with van der Waals surface area (Å²) in [5.74, 6) is 1.54. The van der Waals surface area contributed by atoms with E-state index in [4.69, 9.17) is 10.5 Å². The summed E-state index contributed by atoms with van der Waals surface area (Å²) in [4.78, 5) is 10.9. The van der Waals surface area contributed by atoms with Gasteiger partial charge < -0.3 is 20.7 Å². The van der Waals surface area contributed by atoms with E-state index in [0.29, 0.717) is 25.0 Å². The Morgan fingerprint density at radius 1 is 1.29 bits per heavy atom. The highest BCUT2D eigenvalue weighted by Gasteiger charge is 2.21. The number of hydrogen-bond donors (Lipinski definition) is 2. The molecule has 3 N–H and O–H groups in total. The van der Waals surface area contributed by atoms with Crippen molar-refractivity contribution in [3.8, 4) is 17.1 Å². The second-order valence-electron chi connectivity index (χ2n) is 6.96. The van der Waals surface area contributed by atoms with Gasteiger partial charge in [-0.05, 0) is 62.3 Å². The molecule has 4 rings (SSSR count). The van der Waals surface area contributed by atoms with Gasteiger partial charge in [-0.15, -0.1) is 0 Å². The first kappa shape index (κ1) is 18.6. The van der Waals surface area contributed by atoms with Crippen molar-refractivity contribution in [1.29, 1.82) is 0 Å². The van der Waals surface area contributed by atoms with E-state index in [1.54, 1.807) is 12.4 Å². The third-order valence-corrected chi connectivity index (χ3v) is 5.70. The Morgan fingerprint density at radius 3 is 2.93 bits per heavy atom. The number of likely N-dealkylation sites (tertiary alicyclic amines) is 1. The van der Waals surface area contributed by atoms with Gasteiger partial charge in [0.1, 0.15) is 12.4 Å². The van der Waals surface area contributed by atoms with Crippen LogP contribution in [0.15, 0.2) is 42.7 Å². The van der Waals surface area contributed by atoms with Crippen molar-refractivity contribution in [3.05, 3.63) is 48.3 Å². The van der Waals surface area contributed by atoms with Crippen molar-refractivity contribution < 1.29 is 4.74 Å². The van der Waals surface area contributed by atoms with E-state index >= 15 is 0 Å². The molecule has 146 valence electrons. The molecule has 0 unspecified atom stereocenters. The lowest BCUT2D eigenvalue weighted by Crippen LogP contribution is -2.30. The molecule has 1 aliphatic rings.